The van der Waals surface area contributed by atoms with E-state index >= 15 is 0 Å². The number of hydrogen-bond donors (Lipinski definition) is 0. The van der Waals surface area contributed by atoms with Crippen LogP contribution in [0.2, 0.25) is 0 Å². The van der Waals surface area contributed by atoms with Crippen molar-refractivity contribution in [3.8, 4) is 0 Å². The molecule has 3 aliphatic rings. The molecule has 0 saturated heterocycles. The van der Waals surface area contributed by atoms with Gasteiger partial charge in [-0.15, -0.1) is 0 Å². The maximum atomic E-state index is 2.51. The number of rotatable bonds is 3. The Morgan fingerprint density at radius 1 is 0.275 bits per heavy atom. The van der Waals surface area contributed by atoms with Crippen LogP contribution in [0, 0.1) is 0 Å². The van der Waals surface area contributed by atoms with Gasteiger partial charge >= 0.3 is 243 Å². The van der Waals surface area contributed by atoms with Crippen molar-refractivity contribution >= 4 is 82.8 Å². The molecule has 0 spiro atoms. The predicted molar refractivity (Wildman–Crippen MR) is 169 cm³/mol. The molecule has 3 aliphatic heterocycles. The average molecular weight is 708 g/mol. The van der Waals surface area contributed by atoms with E-state index in [1.54, 1.807) is 9.81 Å². The van der Waals surface area contributed by atoms with Crippen LogP contribution in [0.1, 0.15) is 0 Å². The molecule has 188 valence electrons. The van der Waals surface area contributed by atoms with Crippen LogP contribution in [0.3, 0.4) is 0 Å². The number of hydrogen-bond acceptors (Lipinski definition) is 3. The molecule has 4 heteroatoms. The summed E-state index contributed by atoms with van der Waals surface area (Å²) in [6, 6.07) is 53.4. The molecule has 0 unspecified atom stereocenters. The molecule has 0 atom stereocenters. The minimum atomic E-state index is -2.75. The second-order valence-corrected chi connectivity index (χ2v) is 18.1. The molecule has 6 aromatic carbocycles. The molecule has 3 nitrogen and oxygen atoms in total. The first kappa shape index (κ1) is 22.4. The molecule has 0 bridgehead atoms. The summed E-state index contributed by atoms with van der Waals surface area (Å²) in [7, 11) is 0. The Hall–Kier alpha value is -4.40. The van der Waals surface area contributed by atoms with E-state index in [1.807, 2.05) is 0 Å². The Kier molecular flexibility index (Phi) is 4.79. The third-order valence-electron chi connectivity index (χ3n) is 8.14. The Bertz CT molecular complexity index is 1630. The maximum absolute atomic E-state index is 2.75. The molecule has 0 aromatic heterocycles. The Morgan fingerprint density at radius 3 is 0.775 bits per heavy atom. The van der Waals surface area contributed by atoms with Crippen LogP contribution in [0.4, 0.5) is 51.2 Å². The fraction of sp³-hybridized carbons (Fsp3) is 0. The van der Waals surface area contributed by atoms with E-state index in [0.717, 1.165) is 0 Å². The number of para-hydroxylation sites is 3. The van der Waals surface area contributed by atoms with Crippen LogP contribution in [0.5, 0.6) is 0 Å². The predicted octanol–water partition coefficient (Wildman–Crippen LogP) is 7.55. The van der Waals surface area contributed by atoms with E-state index in [0.29, 0.717) is 0 Å². The van der Waals surface area contributed by atoms with Crippen LogP contribution in [-0.2, 0) is 0 Å². The van der Waals surface area contributed by atoms with E-state index in [-0.39, 0.29) is 0 Å². The van der Waals surface area contributed by atoms with E-state index in [1.165, 1.54) is 51.2 Å². The van der Waals surface area contributed by atoms with Crippen LogP contribution in [0.25, 0.3) is 0 Å². The number of benzene rings is 6. The van der Waals surface area contributed by atoms with Crippen molar-refractivity contribution in [1.29, 1.82) is 0 Å². The zero-order chi connectivity index (χ0) is 26.2. The van der Waals surface area contributed by atoms with Crippen molar-refractivity contribution in [2.75, 3.05) is 14.7 Å². The number of nitrogens with zero attached hydrogens (tertiary/aromatic N) is 3. The first-order valence-electron chi connectivity index (χ1n) is 13.6. The molecule has 3 heterocycles. The Balaban J connectivity index is 1.44. The quantitative estimate of drug-likeness (QED) is 0.176. The molecule has 0 saturated carbocycles. The van der Waals surface area contributed by atoms with E-state index in [2.05, 4.69) is 160 Å². The number of anilines is 9. The monoisotopic (exact) mass is 707 g/mol. The van der Waals surface area contributed by atoms with Gasteiger partial charge in [-0.3, -0.25) is 0 Å². The summed E-state index contributed by atoms with van der Waals surface area (Å²) in [4.78, 5) is 7.53. The van der Waals surface area contributed by atoms with Gasteiger partial charge in [-0.1, -0.05) is 0 Å². The van der Waals surface area contributed by atoms with Gasteiger partial charge in [0.2, 0.25) is 0 Å². The van der Waals surface area contributed by atoms with Gasteiger partial charge < -0.3 is 0 Å². The van der Waals surface area contributed by atoms with E-state index in [9.17, 15) is 0 Å². The summed E-state index contributed by atoms with van der Waals surface area (Å²) < 4.78 is 4.70. The fourth-order valence-corrected chi connectivity index (χ4v) is 18.6. The molecule has 0 amide bonds. The van der Waals surface area contributed by atoms with Crippen molar-refractivity contribution in [1.82, 2.24) is 0 Å². The zero-order valence-corrected chi connectivity index (χ0v) is 25.1. The van der Waals surface area contributed by atoms with Gasteiger partial charge in [-0.2, -0.15) is 0 Å². The fourth-order valence-electron chi connectivity index (χ4n) is 6.62. The summed E-state index contributed by atoms with van der Waals surface area (Å²) in [6.07, 6.45) is 0. The molecular weight excluding hydrogens is 683 g/mol. The van der Waals surface area contributed by atoms with Crippen molar-refractivity contribution in [2.24, 2.45) is 0 Å². The summed E-state index contributed by atoms with van der Waals surface area (Å²) in [5, 5.41) is 0. The van der Waals surface area contributed by atoms with Crippen molar-refractivity contribution in [2.45, 2.75) is 0 Å². The van der Waals surface area contributed by atoms with E-state index in [4.69, 9.17) is 0 Å². The van der Waals surface area contributed by atoms with Crippen molar-refractivity contribution < 1.29 is 0 Å². The second kappa shape index (κ2) is 8.55. The Morgan fingerprint density at radius 2 is 0.525 bits per heavy atom. The normalized spacial score (nSPS) is 14.2. The molecule has 9 rings (SSSR count). The molecule has 0 aliphatic carbocycles. The van der Waals surface area contributed by atoms with Crippen LogP contribution < -0.4 is 24.5 Å². The molecular formula is C36H24BiN3. The summed E-state index contributed by atoms with van der Waals surface area (Å²) in [5.74, 6) is 0. The van der Waals surface area contributed by atoms with Gasteiger partial charge in [0.05, 0.1) is 0 Å². The first-order chi connectivity index (χ1) is 19.9. The van der Waals surface area contributed by atoms with Gasteiger partial charge in [0.15, 0.2) is 0 Å². The van der Waals surface area contributed by atoms with Crippen LogP contribution in [-0.4, -0.2) is 21.8 Å². The minimum absolute atomic E-state index is 1.20. The van der Waals surface area contributed by atoms with Crippen molar-refractivity contribution in [3.05, 3.63) is 146 Å². The third kappa shape index (κ3) is 2.97. The summed E-state index contributed by atoms with van der Waals surface area (Å²) >= 11 is -2.75. The molecule has 0 radical (unpaired) electrons. The summed E-state index contributed by atoms with van der Waals surface area (Å²) in [5.41, 5.74) is 11.6. The van der Waals surface area contributed by atoms with Crippen LogP contribution in [0.15, 0.2) is 146 Å². The topological polar surface area (TPSA) is 9.72 Å². The zero-order valence-electron chi connectivity index (χ0n) is 21.6. The summed E-state index contributed by atoms with van der Waals surface area (Å²) in [6.45, 7) is 0. The van der Waals surface area contributed by atoms with Crippen molar-refractivity contribution in [3.63, 3.8) is 0 Å². The molecule has 0 N–H and O–H groups in total. The van der Waals surface area contributed by atoms with Gasteiger partial charge in [-0.25, -0.2) is 0 Å². The molecule has 6 aromatic rings. The third-order valence-corrected chi connectivity index (χ3v) is 18.7. The Labute approximate surface area is 241 Å². The van der Waals surface area contributed by atoms with Gasteiger partial charge in [0.25, 0.3) is 0 Å². The van der Waals surface area contributed by atoms with Gasteiger partial charge in [0, 0.05) is 0 Å². The molecule has 40 heavy (non-hydrogen) atoms. The SMILES string of the molecule is c1ccc(N2c3cccc4[c]3[Bi]3[c]5c2cccc5N(c2ccccc2)c2cccc([c]23)N4c2ccccc2)cc1. The first-order valence-corrected chi connectivity index (χ1v) is 18.9. The van der Waals surface area contributed by atoms with Crippen LogP contribution >= 0.6 is 0 Å². The second-order valence-electron chi connectivity index (χ2n) is 10.3. The molecule has 0 fully saturated rings. The van der Waals surface area contributed by atoms with E-state index < -0.39 is 21.8 Å². The van der Waals surface area contributed by atoms with Gasteiger partial charge in [-0.05, 0) is 0 Å². The van der Waals surface area contributed by atoms with Gasteiger partial charge in [0.1, 0.15) is 0 Å². The standard InChI is InChI=1S/C36H24N3.Bi/c1-4-13-28(14-5-1)37-31-19-10-21-33(25-31)38(29-15-6-2-7-16-29)35-23-12-24-36(27-35)39(30-17-8-3-9-18-30)34-22-11-20-32(37)26-34;/h1-24H;. The average Bonchev–Trinajstić information content (AvgIpc) is 3.03.